The van der Waals surface area contributed by atoms with Crippen molar-refractivity contribution in [3.63, 3.8) is 0 Å². The van der Waals surface area contributed by atoms with Crippen LogP contribution in [0.5, 0.6) is 0 Å². The van der Waals surface area contributed by atoms with Crippen molar-refractivity contribution >= 4 is 29.9 Å². The van der Waals surface area contributed by atoms with Crippen LogP contribution in [0.4, 0.5) is 13.2 Å². The van der Waals surface area contributed by atoms with Crippen LogP contribution in [0.25, 0.3) is 0 Å². The van der Waals surface area contributed by atoms with Crippen molar-refractivity contribution in [2.75, 3.05) is 59.4 Å². The lowest BCUT2D eigenvalue weighted by Gasteiger charge is -2.39. The van der Waals surface area contributed by atoms with Crippen LogP contribution in [-0.2, 0) is 0 Å². The predicted molar refractivity (Wildman–Crippen MR) is 110 cm³/mol. The highest BCUT2D eigenvalue weighted by molar-refractivity contribution is 14.0. The van der Waals surface area contributed by atoms with Crippen LogP contribution in [0.2, 0.25) is 0 Å². The molecule has 26 heavy (non-hydrogen) atoms. The molecule has 154 valence electrons. The number of hydrogen-bond acceptors (Lipinski definition) is 3. The molecule has 0 aromatic heterocycles. The quantitative estimate of drug-likeness (QED) is 0.268. The molecule has 1 N–H and O–H groups in total. The van der Waals surface area contributed by atoms with E-state index in [1.54, 1.807) is 7.05 Å². The third-order valence-corrected chi connectivity index (χ3v) is 5.23. The second-order valence-corrected chi connectivity index (χ2v) is 6.97. The fourth-order valence-corrected chi connectivity index (χ4v) is 3.53. The molecule has 1 unspecified atom stereocenters. The molecule has 0 aromatic rings. The van der Waals surface area contributed by atoms with Gasteiger partial charge in [0.2, 0.25) is 0 Å². The molecule has 2 heterocycles. The van der Waals surface area contributed by atoms with E-state index in [4.69, 9.17) is 0 Å². The number of halogens is 4. The molecular weight excluding hydrogens is 458 g/mol. The van der Waals surface area contributed by atoms with Gasteiger partial charge in [-0.1, -0.05) is 0 Å². The van der Waals surface area contributed by atoms with Crippen molar-refractivity contribution in [2.24, 2.45) is 4.99 Å². The first-order valence-electron chi connectivity index (χ1n) is 9.40. The van der Waals surface area contributed by atoms with E-state index in [1.165, 1.54) is 44.2 Å². The predicted octanol–water partition coefficient (Wildman–Crippen LogP) is 2.62. The highest BCUT2D eigenvalue weighted by Gasteiger charge is 2.41. The standard InChI is InChI=1S/C17H32F3N5.HI/c1-15(17(18,19)20)24-11-13-25(14-12-24)16(21-2)22-7-3-4-8-23-9-5-6-10-23;/h15H,3-14H2,1-2H3,(H,21,22);1H. The van der Waals surface area contributed by atoms with Gasteiger partial charge in [-0.15, -0.1) is 24.0 Å². The van der Waals surface area contributed by atoms with Gasteiger partial charge in [0.25, 0.3) is 0 Å². The van der Waals surface area contributed by atoms with Crippen LogP contribution in [0.3, 0.4) is 0 Å². The van der Waals surface area contributed by atoms with Crippen molar-refractivity contribution in [3.8, 4) is 0 Å². The van der Waals surface area contributed by atoms with Crippen molar-refractivity contribution in [1.29, 1.82) is 0 Å². The molecule has 2 fully saturated rings. The summed E-state index contributed by atoms with van der Waals surface area (Å²) >= 11 is 0. The molecule has 0 bridgehead atoms. The first kappa shape index (κ1) is 23.7. The van der Waals surface area contributed by atoms with Gasteiger partial charge in [-0.3, -0.25) is 9.89 Å². The minimum absolute atomic E-state index is 0. The minimum Gasteiger partial charge on any atom is -0.356 e. The third kappa shape index (κ3) is 7.38. The Balaban J connectivity index is 0.00000338. The molecule has 0 spiro atoms. The molecule has 5 nitrogen and oxygen atoms in total. The lowest BCUT2D eigenvalue weighted by molar-refractivity contribution is -0.181. The molecule has 1 atom stereocenters. The summed E-state index contributed by atoms with van der Waals surface area (Å²) in [6, 6.07) is -1.38. The first-order valence-corrected chi connectivity index (χ1v) is 9.40. The Morgan fingerprint density at radius 1 is 1.04 bits per heavy atom. The number of likely N-dealkylation sites (tertiary alicyclic amines) is 1. The van der Waals surface area contributed by atoms with Crippen LogP contribution in [-0.4, -0.2) is 92.3 Å². The lowest BCUT2D eigenvalue weighted by atomic mass is 10.2. The zero-order chi connectivity index (χ0) is 18.3. The van der Waals surface area contributed by atoms with Crippen LogP contribution in [0, 0.1) is 0 Å². The fourth-order valence-electron chi connectivity index (χ4n) is 3.53. The van der Waals surface area contributed by atoms with Gasteiger partial charge in [-0.25, -0.2) is 0 Å². The lowest BCUT2D eigenvalue weighted by Crippen LogP contribution is -2.56. The summed E-state index contributed by atoms with van der Waals surface area (Å²) < 4.78 is 38.4. The van der Waals surface area contributed by atoms with E-state index < -0.39 is 12.2 Å². The summed E-state index contributed by atoms with van der Waals surface area (Å²) in [5, 5.41) is 3.36. The van der Waals surface area contributed by atoms with Crippen molar-refractivity contribution < 1.29 is 13.2 Å². The summed E-state index contributed by atoms with van der Waals surface area (Å²) in [7, 11) is 1.73. The molecule has 0 amide bonds. The highest BCUT2D eigenvalue weighted by atomic mass is 127. The van der Waals surface area contributed by atoms with Gasteiger partial charge in [-0.05, 0) is 52.2 Å². The number of piperazine rings is 1. The van der Waals surface area contributed by atoms with E-state index in [2.05, 4.69) is 20.1 Å². The fraction of sp³-hybridized carbons (Fsp3) is 0.941. The maximum absolute atomic E-state index is 12.8. The van der Waals surface area contributed by atoms with Gasteiger partial charge >= 0.3 is 6.18 Å². The monoisotopic (exact) mass is 491 g/mol. The van der Waals surface area contributed by atoms with Gasteiger partial charge in [0, 0.05) is 39.8 Å². The van der Waals surface area contributed by atoms with Crippen molar-refractivity contribution in [1.82, 2.24) is 20.0 Å². The summed E-state index contributed by atoms with van der Waals surface area (Å²) in [4.78, 5) is 10.4. The maximum Gasteiger partial charge on any atom is 0.403 e. The normalized spacial score (nSPS) is 21.6. The number of nitrogens with one attached hydrogen (secondary N) is 1. The van der Waals surface area contributed by atoms with Crippen LogP contribution in [0.15, 0.2) is 4.99 Å². The molecule has 9 heteroatoms. The topological polar surface area (TPSA) is 34.1 Å². The van der Waals surface area contributed by atoms with E-state index in [0.29, 0.717) is 26.2 Å². The number of rotatable bonds is 6. The molecule has 0 aliphatic carbocycles. The molecule has 2 rings (SSSR count). The van der Waals surface area contributed by atoms with Gasteiger partial charge in [0.1, 0.15) is 6.04 Å². The molecule has 2 saturated heterocycles. The second-order valence-electron chi connectivity index (χ2n) is 6.97. The molecule has 2 aliphatic rings. The number of hydrogen-bond donors (Lipinski definition) is 1. The Kier molecular flexibility index (Phi) is 10.5. The Labute approximate surface area is 172 Å². The van der Waals surface area contributed by atoms with E-state index >= 15 is 0 Å². The van der Waals surface area contributed by atoms with Crippen LogP contribution >= 0.6 is 24.0 Å². The van der Waals surface area contributed by atoms with E-state index in [-0.39, 0.29) is 24.0 Å². The number of guanidine groups is 1. The third-order valence-electron chi connectivity index (χ3n) is 5.23. The average molecular weight is 491 g/mol. The number of unbranched alkanes of at least 4 members (excludes halogenated alkanes) is 1. The molecule has 0 aromatic carbocycles. The summed E-state index contributed by atoms with van der Waals surface area (Å²) in [5.74, 6) is 0.806. The smallest absolute Gasteiger partial charge is 0.356 e. The first-order chi connectivity index (χ1) is 11.9. The van der Waals surface area contributed by atoms with Gasteiger partial charge in [-0.2, -0.15) is 13.2 Å². The average Bonchev–Trinajstić information content (AvgIpc) is 3.10. The SMILES string of the molecule is CN=C(NCCCCN1CCCC1)N1CCN(C(C)C(F)(F)F)CC1.I. The summed E-state index contributed by atoms with van der Waals surface area (Å²) in [5.41, 5.74) is 0. The Hall–Kier alpha value is -0.290. The number of nitrogens with zero attached hydrogens (tertiary/aromatic N) is 4. The highest BCUT2D eigenvalue weighted by Crippen LogP contribution is 2.25. The zero-order valence-corrected chi connectivity index (χ0v) is 18.2. The van der Waals surface area contributed by atoms with Gasteiger partial charge in [0.15, 0.2) is 5.96 Å². The van der Waals surface area contributed by atoms with E-state index in [1.807, 2.05) is 0 Å². The Bertz CT molecular complexity index is 419. The van der Waals surface area contributed by atoms with Crippen molar-refractivity contribution in [3.05, 3.63) is 0 Å². The Morgan fingerprint density at radius 2 is 1.65 bits per heavy atom. The number of alkyl halides is 3. The Morgan fingerprint density at radius 3 is 2.19 bits per heavy atom. The van der Waals surface area contributed by atoms with E-state index in [9.17, 15) is 13.2 Å². The minimum atomic E-state index is -4.16. The molecule has 0 saturated carbocycles. The van der Waals surface area contributed by atoms with Gasteiger partial charge < -0.3 is 15.1 Å². The largest absolute Gasteiger partial charge is 0.403 e. The second kappa shape index (κ2) is 11.5. The van der Waals surface area contributed by atoms with E-state index in [0.717, 1.165) is 25.5 Å². The van der Waals surface area contributed by atoms with Crippen molar-refractivity contribution in [2.45, 2.75) is 44.8 Å². The molecule has 2 aliphatic heterocycles. The van der Waals surface area contributed by atoms with Gasteiger partial charge in [0.05, 0.1) is 0 Å². The van der Waals surface area contributed by atoms with Crippen LogP contribution in [0.1, 0.15) is 32.6 Å². The zero-order valence-electron chi connectivity index (χ0n) is 15.9. The summed E-state index contributed by atoms with van der Waals surface area (Å²) in [6.45, 7) is 7.71. The summed E-state index contributed by atoms with van der Waals surface area (Å²) in [6.07, 6.45) is 0.743. The van der Waals surface area contributed by atoms with Crippen LogP contribution < -0.4 is 5.32 Å². The molecule has 0 radical (unpaired) electrons. The number of aliphatic imine (C=N–C) groups is 1. The molecular formula is C17H33F3IN5. The maximum atomic E-state index is 12.8.